The Bertz CT molecular complexity index is 317. The highest BCUT2D eigenvalue weighted by atomic mass is 32.1. The average molecular weight is 214 g/mol. The third-order valence-corrected chi connectivity index (χ3v) is 2.24. The third-order valence-electron chi connectivity index (χ3n) is 2.00. The van der Waals surface area contributed by atoms with Gasteiger partial charge in [-0.3, -0.25) is 0 Å². The van der Waals surface area contributed by atoms with E-state index in [2.05, 4.69) is 15.9 Å². The van der Waals surface area contributed by atoms with E-state index in [1.807, 2.05) is 20.8 Å². The van der Waals surface area contributed by atoms with Crippen LogP contribution in [0.3, 0.4) is 0 Å². The molecule has 1 rings (SSSR count). The number of hydrogen-bond acceptors (Lipinski definition) is 4. The van der Waals surface area contributed by atoms with Crippen LogP contribution in [-0.4, -0.2) is 10.3 Å². The van der Waals surface area contributed by atoms with Crippen LogP contribution in [0, 0.1) is 13.8 Å². The summed E-state index contributed by atoms with van der Waals surface area (Å²) in [5.74, 6) is 5.95. The molecular formula is C8H14N4OS. The summed E-state index contributed by atoms with van der Waals surface area (Å²) in [5, 5.41) is 7.27. The lowest BCUT2D eigenvalue weighted by Gasteiger charge is -2.14. The van der Waals surface area contributed by atoms with Crippen molar-refractivity contribution in [3.05, 3.63) is 17.0 Å². The van der Waals surface area contributed by atoms with Crippen molar-refractivity contribution in [1.29, 1.82) is 0 Å². The maximum atomic E-state index is 5.16. The Morgan fingerprint density at radius 2 is 2.21 bits per heavy atom. The van der Waals surface area contributed by atoms with Crippen LogP contribution < -0.4 is 16.6 Å². The third kappa shape index (κ3) is 2.21. The molecule has 4 N–H and O–H groups in total. The molecule has 0 bridgehead atoms. The first kappa shape index (κ1) is 10.9. The summed E-state index contributed by atoms with van der Waals surface area (Å²) in [6.07, 6.45) is 0. The number of nitrogens with two attached hydrogens (primary N) is 1. The van der Waals surface area contributed by atoms with E-state index in [1.165, 1.54) is 0 Å². The van der Waals surface area contributed by atoms with E-state index in [0.717, 1.165) is 17.0 Å². The van der Waals surface area contributed by atoms with Gasteiger partial charge in [0.1, 0.15) is 5.76 Å². The zero-order valence-electron chi connectivity index (χ0n) is 8.42. The van der Waals surface area contributed by atoms with E-state index >= 15 is 0 Å². The normalized spacial score (nSPS) is 12.3. The number of aryl methyl sites for hydroxylation is 2. The largest absolute Gasteiger partial charge is 0.361 e. The van der Waals surface area contributed by atoms with Gasteiger partial charge in [0.25, 0.3) is 0 Å². The minimum Gasteiger partial charge on any atom is -0.361 e. The smallest absolute Gasteiger partial charge is 0.181 e. The SMILES string of the molecule is Cc1noc(C)c1C(C)NC(=S)NN. The molecule has 78 valence electrons. The highest BCUT2D eigenvalue weighted by Crippen LogP contribution is 2.20. The molecule has 1 heterocycles. The molecule has 0 amide bonds. The number of nitrogens with zero attached hydrogens (tertiary/aromatic N) is 1. The minimum absolute atomic E-state index is 0.0322. The van der Waals surface area contributed by atoms with Gasteiger partial charge >= 0.3 is 0 Å². The van der Waals surface area contributed by atoms with Crippen LogP contribution in [0.15, 0.2) is 4.52 Å². The van der Waals surface area contributed by atoms with Gasteiger partial charge in [0.15, 0.2) is 5.11 Å². The molecular weight excluding hydrogens is 200 g/mol. The molecule has 0 aliphatic heterocycles. The summed E-state index contributed by atoms with van der Waals surface area (Å²) in [6, 6.07) is 0.0322. The fourth-order valence-electron chi connectivity index (χ4n) is 1.42. The number of aromatic nitrogens is 1. The second-order valence-electron chi connectivity index (χ2n) is 3.08. The summed E-state index contributed by atoms with van der Waals surface area (Å²) >= 11 is 4.89. The van der Waals surface area contributed by atoms with E-state index in [0.29, 0.717) is 5.11 Å². The minimum atomic E-state index is 0.0322. The van der Waals surface area contributed by atoms with Gasteiger partial charge in [-0.25, -0.2) is 5.84 Å². The Morgan fingerprint density at radius 1 is 1.57 bits per heavy atom. The number of rotatable bonds is 2. The molecule has 1 aromatic heterocycles. The number of nitrogens with one attached hydrogen (secondary N) is 2. The Hall–Kier alpha value is -1.14. The number of thiocarbonyl (C=S) groups is 1. The molecule has 0 fully saturated rings. The highest BCUT2D eigenvalue weighted by Gasteiger charge is 2.16. The van der Waals surface area contributed by atoms with Crippen molar-refractivity contribution in [2.75, 3.05) is 0 Å². The van der Waals surface area contributed by atoms with Crippen LogP contribution in [0.4, 0.5) is 0 Å². The summed E-state index contributed by atoms with van der Waals surface area (Å²) in [6.45, 7) is 5.73. The van der Waals surface area contributed by atoms with E-state index in [-0.39, 0.29) is 6.04 Å². The lowest BCUT2D eigenvalue weighted by molar-refractivity contribution is 0.391. The molecule has 1 atom stereocenters. The van der Waals surface area contributed by atoms with Gasteiger partial charge < -0.3 is 15.3 Å². The summed E-state index contributed by atoms with van der Waals surface area (Å²) in [7, 11) is 0. The van der Waals surface area contributed by atoms with Crippen molar-refractivity contribution in [3.63, 3.8) is 0 Å². The molecule has 14 heavy (non-hydrogen) atoms. The van der Waals surface area contributed by atoms with Gasteiger partial charge in [-0.05, 0) is 33.0 Å². The lowest BCUT2D eigenvalue weighted by Crippen LogP contribution is -2.40. The fraction of sp³-hybridized carbons (Fsp3) is 0.500. The van der Waals surface area contributed by atoms with Crippen LogP contribution >= 0.6 is 12.2 Å². The van der Waals surface area contributed by atoms with Gasteiger partial charge in [0.05, 0.1) is 11.7 Å². The molecule has 0 saturated heterocycles. The number of hydrazine groups is 1. The van der Waals surface area contributed by atoms with Crippen molar-refractivity contribution in [3.8, 4) is 0 Å². The van der Waals surface area contributed by atoms with E-state index in [4.69, 9.17) is 22.6 Å². The highest BCUT2D eigenvalue weighted by molar-refractivity contribution is 7.80. The fourth-order valence-corrected chi connectivity index (χ4v) is 1.60. The van der Waals surface area contributed by atoms with Crippen LogP contribution in [0.5, 0.6) is 0 Å². The van der Waals surface area contributed by atoms with Crippen molar-refractivity contribution in [2.45, 2.75) is 26.8 Å². The first-order chi connectivity index (χ1) is 6.56. The molecule has 0 spiro atoms. The predicted molar refractivity (Wildman–Crippen MR) is 57.4 cm³/mol. The molecule has 5 nitrogen and oxygen atoms in total. The van der Waals surface area contributed by atoms with Gasteiger partial charge in [0, 0.05) is 5.56 Å². The molecule has 0 saturated carbocycles. The molecule has 0 aromatic carbocycles. The van der Waals surface area contributed by atoms with E-state index in [9.17, 15) is 0 Å². The molecule has 1 unspecified atom stereocenters. The predicted octanol–water partition coefficient (Wildman–Crippen LogP) is 0.690. The van der Waals surface area contributed by atoms with Gasteiger partial charge in [-0.1, -0.05) is 5.16 Å². The zero-order valence-corrected chi connectivity index (χ0v) is 9.23. The average Bonchev–Trinajstić information content (AvgIpc) is 2.46. The summed E-state index contributed by atoms with van der Waals surface area (Å²) < 4.78 is 5.05. The maximum absolute atomic E-state index is 5.16. The lowest BCUT2D eigenvalue weighted by atomic mass is 10.1. The summed E-state index contributed by atoms with van der Waals surface area (Å²) in [4.78, 5) is 0. The second kappa shape index (κ2) is 4.39. The van der Waals surface area contributed by atoms with E-state index in [1.54, 1.807) is 0 Å². The first-order valence-electron chi connectivity index (χ1n) is 4.26. The zero-order chi connectivity index (χ0) is 10.7. The Kier molecular flexibility index (Phi) is 3.43. The van der Waals surface area contributed by atoms with Crippen molar-refractivity contribution in [1.82, 2.24) is 15.9 Å². The topological polar surface area (TPSA) is 76.1 Å². The van der Waals surface area contributed by atoms with Gasteiger partial charge in [-0.15, -0.1) is 0 Å². The maximum Gasteiger partial charge on any atom is 0.181 e. The van der Waals surface area contributed by atoms with Crippen molar-refractivity contribution < 1.29 is 4.52 Å². The standard InChI is InChI=1S/C8H14N4OS/c1-4(10-8(14)11-9)7-5(2)12-13-6(7)3/h4H,9H2,1-3H3,(H2,10,11,14). The molecule has 6 heteroatoms. The van der Waals surface area contributed by atoms with Crippen LogP contribution in [0.2, 0.25) is 0 Å². The van der Waals surface area contributed by atoms with Crippen LogP contribution in [0.1, 0.15) is 30.0 Å². The number of hydrogen-bond donors (Lipinski definition) is 3. The summed E-state index contributed by atoms with van der Waals surface area (Å²) in [5.41, 5.74) is 4.25. The first-order valence-corrected chi connectivity index (χ1v) is 4.67. The molecule has 0 radical (unpaired) electrons. The monoisotopic (exact) mass is 214 g/mol. The van der Waals surface area contributed by atoms with Crippen LogP contribution in [-0.2, 0) is 0 Å². The Labute approximate surface area is 88.0 Å². The second-order valence-corrected chi connectivity index (χ2v) is 3.49. The molecule has 0 aliphatic carbocycles. The van der Waals surface area contributed by atoms with Gasteiger partial charge in [-0.2, -0.15) is 0 Å². The van der Waals surface area contributed by atoms with Crippen molar-refractivity contribution in [2.24, 2.45) is 5.84 Å². The van der Waals surface area contributed by atoms with Gasteiger partial charge in [0.2, 0.25) is 0 Å². The van der Waals surface area contributed by atoms with E-state index < -0.39 is 0 Å². The van der Waals surface area contributed by atoms with Crippen molar-refractivity contribution >= 4 is 17.3 Å². The quantitative estimate of drug-likeness (QED) is 0.382. The molecule has 0 aliphatic rings. The Morgan fingerprint density at radius 3 is 2.64 bits per heavy atom. The Balaban J connectivity index is 2.78. The molecule has 1 aromatic rings. The van der Waals surface area contributed by atoms with Crippen LogP contribution in [0.25, 0.3) is 0 Å².